The van der Waals surface area contributed by atoms with Crippen LogP contribution in [-0.2, 0) is 0 Å². The van der Waals surface area contributed by atoms with Crippen LogP contribution in [0.4, 0.5) is 5.82 Å². The number of anilines is 1. The van der Waals surface area contributed by atoms with Crippen molar-refractivity contribution in [2.75, 3.05) is 12.0 Å². The molecule has 2 aromatic heterocycles. The molecule has 0 bridgehead atoms. The highest BCUT2D eigenvalue weighted by Crippen LogP contribution is 2.31. The molecule has 2 rings (SSSR count). The van der Waals surface area contributed by atoms with Crippen LogP contribution in [0.3, 0.4) is 0 Å². The molecule has 0 amide bonds. The maximum absolute atomic E-state index is 5.73. The standard InChI is InChI=1S/C10H13N5S2/c1-6(9-12-3-4-13-9)17-10-14-7(11)5-8(15-10)16-2/h3-6H,1-2H3,(H,12,13)(H2,11,14,15). The zero-order valence-electron chi connectivity index (χ0n) is 9.54. The number of thioether (sulfide) groups is 2. The van der Waals surface area contributed by atoms with Crippen molar-refractivity contribution in [2.45, 2.75) is 22.4 Å². The molecule has 0 fully saturated rings. The molecule has 0 aliphatic heterocycles. The van der Waals surface area contributed by atoms with E-state index in [1.54, 1.807) is 30.2 Å². The van der Waals surface area contributed by atoms with E-state index in [0.29, 0.717) is 11.0 Å². The summed E-state index contributed by atoms with van der Waals surface area (Å²) in [6.07, 6.45) is 5.51. The zero-order chi connectivity index (χ0) is 12.3. The average molecular weight is 267 g/mol. The summed E-state index contributed by atoms with van der Waals surface area (Å²) in [5, 5.41) is 1.73. The minimum atomic E-state index is 0.168. The van der Waals surface area contributed by atoms with Crippen molar-refractivity contribution >= 4 is 29.3 Å². The maximum atomic E-state index is 5.73. The van der Waals surface area contributed by atoms with E-state index in [1.165, 1.54) is 11.8 Å². The Morgan fingerprint density at radius 3 is 2.88 bits per heavy atom. The van der Waals surface area contributed by atoms with Gasteiger partial charge in [0.15, 0.2) is 5.16 Å². The van der Waals surface area contributed by atoms with Crippen molar-refractivity contribution in [3.8, 4) is 0 Å². The maximum Gasteiger partial charge on any atom is 0.191 e. The van der Waals surface area contributed by atoms with Gasteiger partial charge in [-0.1, -0.05) is 11.8 Å². The molecule has 0 aromatic carbocycles. The summed E-state index contributed by atoms with van der Waals surface area (Å²) in [5.41, 5.74) is 5.73. The third-order valence-corrected chi connectivity index (χ3v) is 3.70. The van der Waals surface area contributed by atoms with Crippen LogP contribution in [0.15, 0.2) is 28.6 Å². The lowest BCUT2D eigenvalue weighted by molar-refractivity contribution is 0.882. The van der Waals surface area contributed by atoms with Gasteiger partial charge in [0.1, 0.15) is 16.7 Å². The smallest absolute Gasteiger partial charge is 0.191 e. The van der Waals surface area contributed by atoms with Crippen LogP contribution in [0.1, 0.15) is 18.0 Å². The molecule has 90 valence electrons. The minimum absolute atomic E-state index is 0.168. The fraction of sp³-hybridized carbons (Fsp3) is 0.300. The van der Waals surface area contributed by atoms with Crippen molar-refractivity contribution in [2.24, 2.45) is 0 Å². The van der Waals surface area contributed by atoms with Gasteiger partial charge in [0, 0.05) is 18.5 Å². The predicted octanol–water partition coefficient (Wildman–Crippen LogP) is 2.36. The molecule has 0 aliphatic rings. The summed E-state index contributed by atoms with van der Waals surface area (Å²) in [6.45, 7) is 2.05. The van der Waals surface area contributed by atoms with Gasteiger partial charge in [-0.2, -0.15) is 0 Å². The van der Waals surface area contributed by atoms with Gasteiger partial charge >= 0.3 is 0 Å². The van der Waals surface area contributed by atoms with E-state index in [1.807, 2.05) is 6.26 Å². The van der Waals surface area contributed by atoms with Crippen LogP contribution in [0.2, 0.25) is 0 Å². The number of hydrogen-bond acceptors (Lipinski definition) is 6. The Balaban J connectivity index is 2.15. The van der Waals surface area contributed by atoms with Gasteiger partial charge in [0.2, 0.25) is 0 Å². The Labute approximate surface area is 108 Å². The van der Waals surface area contributed by atoms with Gasteiger partial charge in [-0.05, 0) is 13.2 Å². The van der Waals surface area contributed by atoms with Gasteiger partial charge in [0.25, 0.3) is 0 Å². The number of hydrogen-bond donors (Lipinski definition) is 2. The Kier molecular flexibility index (Phi) is 3.90. The number of aromatic nitrogens is 4. The van der Waals surface area contributed by atoms with E-state index in [0.717, 1.165) is 10.9 Å². The first-order valence-electron chi connectivity index (χ1n) is 5.03. The molecule has 17 heavy (non-hydrogen) atoms. The number of H-pyrrole nitrogens is 1. The largest absolute Gasteiger partial charge is 0.384 e. The van der Waals surface area contributed by atoms with E-state index < -0.39 is 0 Å². The highest BCUT2D eigenvalue weighted by Gasteiger charge is 2.12. The SMILES string of the molecule is CSc1cc(N)nc(SC(C)c2ncc[nH]2)n1. The molecule has 1 atom stereocenters. The fourth-order valence-corrected chi connectivity index (χ4v) is 2.63. The highest BCUT2D eigenvalue weighted by molar-refractivity contribution is 7.99. The normalized spacial score (nSPS) is 12.6. The Morgan fingerprint density at radius 2 is 2.24 bits per heavy atom. The number of nitrogens with zero attached hydrogens (tertiary/aromatic N) is 3. The molecule has 0 aliphatic carbocycles. The van der Waals surface area contributed by atoms with Gasteiger partial charge in [-0.3, -0.25) is 0 Å². The fourth-order valence-electron chi connectivity index (χ4n) is 1.29. The summed E-state index contributed by atoms with van der Waals surface area (Å²) in [7, 11) is 0. The number of nitrogen functional groups attached to an aromatic ring is 1. The van der Waals surface area contributed by atoms with E-state index in [2.05, 4.69) is 26.9 Å². The lowest BCUT2D eigenvalue weighted by atomic mass is 10.5. The second-order valence-corrected chi connectivity index (χ2v) is 5.49. The molecule has 0 radical (unpaired) electrons. The number of nitrogens with one attached hydrogen (secondary N) is 1. The number of rotatable bonds is 4. The van der Waals surface area contributed by atoms with Gasteiger partial charge in [-0.15, -0.1) is 11.8 Å². The van der Waals surface area contributed by atoms with Gasteiger partial charge in [-0.25, -0.2) is 15.0 Å². The Morgan fingerprint density at radius 1 is 1.41 bits per heavy atom. The van der Waals surface area contributed by atoms with E-state index in [-0.39, 0.29) is 5.25 Å². The van der Waals surface area contributed by atoms with Crippen molar-refractivity contribution in [1.82, 2.24) is 19.9 Å². The van der Waals surface area contributed by atoms with E-state index >= 15 is 0 Å². The van der Waals surface area contributed by atoms with Gasteiger partial charge < -0.3 is 10.7 Å². The Hall–Kier alpha value is -1.21. The van der Waals surface area contributed by atoms with Crippen molar-refractivity contribution in [3.63, 3.8) is 0 Å². The predicted molar refractivity (Wildman–Crippen MR) is 71.1 cm³/mol. The molecule has 0 saturated heterocycles. The lowest BCUT2D eigenvalue weighted by Crippen LogP contribution is -1.98. The average Bonchev–Trinajstić information content (AvgIpc) is 2.81. The van der Waals surface area contributed by atoms with E-state index in [9.17, 15) is 0 Å². The topological polar surface area (TPSA) is 80.5 Å². The first-order chi connectivity index (χ1) is 8.19. The highest BCUT2D eigenvalue weighted by atomic mass is 32.2. The first kappa shape index (κ1) is 12.3. The van der Waals surface area contributed by atoms with Gasteiger partial charge in [0.05, 0.1) is 5.25 Å². The molecule has 0 saturated carbocycles. The van der Waals surface area contributed by atoms with Crippen LogP contribution >= 0.6 is 23.5 Å². The summed E-state index contributed by atoms with van der Waals surface area (Å²) >= 11 is 3.09. The zero-order valence-corrected chi connectivity index (χ0v) is 11.2. The molecule has 2 aromatic rings. The summed E-state index contributed by atoms with van der Waals surface area (Å²) in [5.74, 6) is 1.41. The quantitative estimate of drug-likeness (QED) is 0.503. The van der Waals surface area contributed by atoms with Crippen LogP contribution in [0.5, 0.6) is 0 Å². The minimum Gasteiger partial charge on any atom is -0.384 e. The Bertz CT molecular complexity index is 485. The molecule has 2 heterocycles. The van der Waals surface area contributed by atoms with Crippen molar-refractivity contribution < 1.29 is 0 Å². The molecule has 7 heteroatoms. The number of imidazole rings is 1. The third-order valence-electron chi connectivity index (χ3n) is 2.10. The molecule has 5 nitrogen and oxygen atoms in total. The van der Waals surface area contributed by atoms with Crippen LogP contribution in [-0.4, -0.2) is 26.2 Å². The van der Waals surface area contributed by atoms with Crippen molar-refractivity contribution in [1.29, 1.82) is 0 Å². The van der Waals surface area contributed by atoms with Crippen LogP contribution in [0, 0.1) is 0 Å². The molecule has 1 unspecified atom stereocenters. The first-order valence-corrected chi connectivity index (χ1v) is 7.14. The number of aromatic amines is 1. The molecular weight excluding hydrogens is 254 g/mol. The molecular formula is C10H13N5S2. The summed E-state index contributed by atoms with van der Waals surface area (Å²) < 4.78 is 0. The van der Waals surface area contributed by atoms with E-state index in [4.69, 9.17) is 5.73 Å². The summed E-state index contributed by atoms with van der Waals surface area (Å²) in [6, 6.07) is 1.77. The lowest BCUT2D eigenvalue weighted by Gasteiger charge is -2.08. The van der Waals surface area contributed by atoms with Crippen molar-refractivity contribution in [3.05, 3.63) is 24.3 Å². The second-order valence-electron chi connectivity index (χ2n) is 3.35. The monoisotopic (exact) mass is 267 g/mol. The van der Waals surface area contributed by atoms with Crippen LogP contribution < -0.4 is 5.73 Å². The molecule has 3 N–H and O–H groups in total. The summed E-state index contributed by atoms with van der Waals surface area (Å²) in [4.78, 5) is 15.9. The second kappa shape index (κ2) is 5.42. The molecule has 0 spiro atoms. The van der Waals surface area contributed by atoms with Crippen LogP contribution in [0.25, 0.3) is 0 Å². The third kappa shape index (κ3) is 3.13. The number of nitrogens with two attached hydrogens (primary N) is 1.